The first kappa shape index (κ1) is 31.5. The Kier molecular flexibility index (Phi) is 12.7. The van der Waals surface area contributed by atoms with Crippen molar-refractivity contribution < 1.29 is 52.7 Å². The Hall–Kier alpha value is -3.54. The molecule has 208 valence electrons. The van der Waals surface area contributed by atoms with E-state index in [-0.39, 0.29) is 36.5 Å². The lowest BCUT2D eigenvalue weighted by Crippen LogP contribution is -2.42. The van der Waals surface area contributed by atoms with Crippen molar-refractivity contribution in [3.8, 4) is 11.5 Å². The standard InChI is InChI=1S/C25H37NO11/c1-13(2)11-33-24(30)36-18-9-8-17(10-19(18)37-25(31)34-12-14(3)4)20(21(26)22(27)28)15(5)16(6)35-23(29)32-7/h8-10,13-16,20-21H,11-12,26H2,1-7H3,(H,27,28)/t15?,16?,20?,21-/m0/s1. The van der Waals surface area contributed by atoms with E-state index in [2.05, 4.69) is 4.74 Å². The van der Waals surface area contributed by atoms with Gasteiger partial charge in [0.1, 0.15) is 12.1 Å². The van der Waals surface area contributed by atoms with Gasteiger partial charge in [-0.25, -0.2) is 14.4 Å². The van der Waals surface area contributed by atoms with Crippen LogP contribution in [-0.2, 0) is 23.7 Å². The van der Waals surface area contributed by atoms with E-state index in [4.69, 9.17) is 29.4 Å². The Balaban J connectivity index is 3.41. The predicted molar refractivity (Wildman–Crippen MR) is 131 cm³/mol. The van der Waals surface area contributed by atoms with Gasteiger partial charge in [-0.1, -0.05) is 40.7 Å². The molecule has 37 heavy (non-hydrogen) atoms. The third-order valence-electron chi connectivity index (χ3n) is 5.24. The lowest BCUT2D eigenvalue weighted by atomic mass is 9.79. The smallest absolute Gasteiger partial charge is 0.480 e. The summed E-state index contributed by atoms with van der Waals surface area (Å²) < 4.78 is 30.3. The van der Waals surface area contributed by atoms with Crippen LogP contribution in [0.15, 0.2) is 18.2 Å². The minimum atomic E-state index is -1.43. The largest absolute Gasteiger partial charge is 0.513 e. The van der Waals surface area contributed by atoms with Crippen LogP contribution in [0.25, 0.3) is 0 Å². The first-order valence-electron chi connectivity index (χ1n) is 11.8. The van der Waals surface area contributed by atoms with Gasteiger partial charge in [-0.15, -0.1) is 0 Å². The van der Waals surface area contributed by atoms with Crippen LogP contribution in [0.4, 0.5) is 14.4 Å². The molecule has 0 aromatic heterocycles. The molecular formula is C25H37NO11. The van der Waals surface area contributed by atoms with Crippen molar-refractivity contribution in [3.05, 3.63) is 23.8 Å². The first-order valence-corrected chi connectivity index (χ1v) is 11.8. The van der Waals surface area contributed by atoms with Crippen molar-refractivity contribution in [1.82, 2.24) is 0 Å². The molecule has 1 aromatic carbocycles. The molecule has 1 aromatic rings. The molecule has 0 amide bonds. The number of ether oxygens (including phenoxy) is 6. The fourth-order valence-corrected chi connectivity index (χ4v) is 3.19. The molecule has 0 bridgehead atoms. The third kappa shape index (κ3) is 10.5. The summed E-state index contributed by atoms with van der Waals surface area (Å²) in [6.07, 6.45) is -3.82. The predicted octanol–water partition coefficient (Wildman–Crippen LogP) is 4.33. The van der Waals surface area contributed by atoms with E-state index in [9.17, 15) is 24.3 Å². The maximum atomic E-state index is 12.3. The maximum absolute atomic E-state index is 12.3. The molecule has 0 aliphatic carbocycles. The number of hydrogen-bond donors (Lipinski definition) is 2. The number of carbonyl (C=O) groups excluding carboxylic acids is 3. The highest BCUT2D eigenvalue weighted by Crippen LogP contribution is 2.37. The van der Waals surface area contributed by atoms with E-state index in [1.807, 2.05) is 27.7 Å². The molecule has 0 saturated carbocycles. The van der Waals surface area contributed by atoms with Gasteiger partial charge in [0.05, 0.1) is 20.3 Å². The summed E-state index contributed by atoms with van der Waals surface area (Å²) >= 11 is 0. The zero-order valence-corrected chi connectivity index (χ0v) is 22.2. The molecule has 3 unspecified atom stereocenters. The van der Waals surface area contributed by atoms with E-state index < -0.39 is 48.4 Å². The van der Waals surface area contributed by atoms with Gasteiger partial charge in [-0.05, 0) is 36.5 Å². The molecule has 0 radical (unpaired) electrons. The van der Waals surface area contributed by atoms with Crippen molar-refractivity contribution in [2.45, 2.75) is 59.6 Å². The number of carboxylic acid groups (broad SMARTS) is 1. The van der Waals surface area contributed by atoms with Gasteiger partial charge in [-0.3, -0.25) is 4.79 Å². The van der Waals surface area contributed by atoms with E-state index >= 15 is 0 Å². The number of methoxy groups -OCH3 is 1. The molecule has 12 heteroatoms. The Bertz CT molecular complexity index is 931. The van der Waals surface area contributed by atoms with Crippen LogP contribution in [0.3, 0.4) is 0 Å². The fourth-order valence-electron chi connectivity index (χ4n) is 3.19. The van der Waals surface area contributed by atoms with Crippen LogP contribution < -0.4 is 15.2 Å². The highest BCUT2D eigenvalue weighted by molar-refractivity contribution is 5.75. The summed E-state index contributed by atoms with van der Waals surface area (Å²) in [7, 11) is 1.15. The van der Waals surface area contributed by atoms with Gasteiger partial charge < -0.3 is 39.3 Å². The lowest BCUT2D eigenvalue weighted by molar-refractivity contribution is -0.139. The zero-order chi connectivity index (χ0) is 28.3. The Morgan fingerprint density at radius 2 is 1.35 bits per heavy atom. The molecule has 3 N–H and O–H groups in total. The second-order valence-electron chi connectivity index (χ2n) is 9.35. The average Bonchev–Trinajstić information content (AvgIpc) is 2.82. The van der Waals surface area contributed by atoms with Crippen molar-refractivity contribution >= 4 is 24.4 Å². The quantitative estimate of drug-likeness (QED) is 0.224. The van der Waals surface area contributed by atoms with Gasteiger partial charge in [0.25, 0.3) is 0 Å². The van der Waals surface area contributed by atoms with Crippen molar-refractivity contribution in [1.29, 1.82) is 0 Å². The van der Waals surface area contributed by atoms with Crippen LogP contribution >= 0.6 is 0 Å². The van der Waals surface area contributed by atoms with Crippen LogP contribution in [0.2, 0.25) is 0 Å². The minimum Gasteiger partial charge on any atom is -0.480 e. The van der Waals surface area contributed by atoms with Crippen LogP contribution in [-0.4, -0.2) is 62.0 Å². The number of carbonyl (C=O) groups is 4. The highest BCUT2D eigenvalue weighted by Gasteiger charge is 2.36. The first-order chi connectivity index (χ1) is 17.3. The average molecular weight is 528 g/mol. The summed E-state index contributed by atoms with van der Waals surface area (Å²) in [6.45, 7) is 10.8. The Morgan fingerprint density at radius 3 is 1.81 bits per heavy atom. The minimum absolute atomic E-state index is 0.0377. The number of carboxylic acids is 1. The van der Waals surface area contributed by atoms with Crippen molar-refractivity contribution in [3.63, 3.8) is 0 Å². The number of rotatable bonds is 12. The molecule has 0 fully saturated rings. The lowest BCUT2D eigenvalue weighted by Gasteiger charge is -2.31. The molecule has 12 nitrogen and oxygen atoms in total. The fraction of sp³-hybridized carbons (Fsp3) is 0.600. The second-order valence-corrected chi connectivity index (χ2v) is 9.35. The second kappa shape index (κ2) is 14.9. The topological polar surface area (TPSA) is 170 Å². The van der Waals surface area contributed by atoms with Crippen LogP contribution in [0, 0.1) is 17.8 Å². The highest BCUT2D eigenvalue weighted by atomic mass is 16.7. The van der Waals surface area contributed by atoms with Crippen molar-refractivity contribution in [2.75, 3.05) is 20.3 Å². The zero-order valence-electron chi connectivity index (χ0n) is 22.2. The Labute approximate surface area is 216 Å². The number of hydrogen-bond acceptors (Lipinski definition) is 11. The van der Waals surface area contributed by atoms with Gasteiger partial charge in [-0.2, -0.15) is 0 Å². The monoisotopic (exact) mass is 527 g/mol. The summed E-state index contributed by atoms with van der Waals surface area (Å²) in [5.41, 5.74) is 6.32. The number of benzene rings is 1. The molecular weight excluding hydrogens is 490 g/mol. The van der Waals surface area contributed by atoms with Gasteiger partial charge in [0, 0.05) is 11.8 Å². The summed E-state index contributed by atoms with van der Waals surface area (Å²) in [4.78, 5) is 47.8. The Morgan fingerprint density at radius 1 is 0.838 bits per heavy atom. The van der Waals surface area contributed by atoms with E-state index in [1.54, 1.807) is 13.8 Å². The number of aliphatic carboxylic acids is 1. The molecule has 0 aliphatic rings. The normalized spacial score (nSPS) is 14.2. The van der Waals surface area contributed by atoms with E-state index in [1.165, 1.54) is 18.2 Å². The summed E-state index contributed by atoms with van der Waals surface area (Å²) in [6, 6.07) is 2.67. The third-order valence-corrected chi connectivity index (χ3v) is 5.24. The maximum Gasteiger partial charge on any atom is 0.513 e. The molecule has 0 heterocycles. The van der Waals surface area contributed by atoms with Crippen LogP contribution in [0.1, 0.15) is 53.0 Å². The molecule has 1 rings (SSSR count). The van der Waals surface area contributed by atoms with Gasteiger partial charge in [0.2, 0.25) is 0 Å². The van der Waals surface area contributed by atoms with E-state index in [0.29, 0.717) is 5.56 Å². The van der Waals surface area contributed by atoms with Gasteiger partial charge in [0.15, 0.2) is 11.5 Å². The SMILES string of the molecule is COC(=O)OC(C)C(C)C(c1ccc(OC(=O)OCC(C)C)c(OC(=O)OCC(C)C)c1)[C@H](N)C(=O)O. The molecule has 0 saturated heterocycles. The van der Waals surface area contributed by atoms with E-state index in [0.717, 1.165) is 7.11 Å². The molecule has 0 aliphatic heterocycles. The molecule has 0 spiro atoms. The number of nitrogens with two attached hydrogens (primary N) is 1. The molecule has 4 atom stereocenters. The van der Waals surface area contributed by atoms with Crippen LogP contribution in [0.5, 0.6) is 11.5 Å². The summed E-state index contributed by atoms with van der Waals surface area (Å²) in [5.74, 6) is -3.14. The van der Waals surface area contributed by atoms with Crippen molar-refractivity contribution in [2.24, 2.45) is 23.5 Å². The van der Waals surface area contributed by atoms with Gasteiger partial charge >= 0.3 is 24.4 Å². The summed E-state index contributed by atoms with van der Waals surface area (Å²) in [5, 5.41) is 9.64.